The zero-order chi connectivity index (χ0) is 14.5. The van der Waals surface area contributed by atoms with Crippen molar-refractivity contribution in [1.29, 1.82) is 5.26 Å². The molecule has 0 aromatic carbocycles. The molecule has 3 atom stereocenters. The van der Waals surface area contributed by atoms with Crippen molar-refractivity contribution in [1.82, 2.24) is 4.90 Å². The Kier molecular flexibility index (Phi) is 3.07. The van der Waals surface area contributed by atoms with Gasteiger partial charge in [0.1, 0.15) is 6.54 Å². The van der Waals surface area contributed by atoms with Gasteiger partial charge in [0.25, 0.3) is 0 Å². The predicted molar refractivity (Wildman–Crippen MR) is 73.3 cm³/mol. The quantitative estimate of drug-likeness (QED) is 0.740. The van der Waals surface area contributed by atoms with Crippen molar-refractivity contribution in [2.45, 2.75) is 50.2 Å². The van der Waals surface area contributed by atoms with Crippen LogP contribution in [0.3, 0.4) is 0 Å². The van der Waals surface area contributed by atoms with Gasteiger partial charge in [0.05, 0.1) is 17.7 Å². The summed E-state index contributed by atoms with van der Waals surface area (Å²) in [5.41, 5.74) is 5.44. The fourth-order valence-electron chi connectivity index (χ4n) is 5.33. The Morgan fingerprint density at radius 2 is 2.05 bits per heavy atom. The van der Waals surface area contributed by atoms with Crippen LogP contribution < -0.4 is 5.73 Å². The lowest BCUT2D eigenvalue weighted by Crippen LogP contribution is -2.64. The predicted octanol–water partition coefficient (Wildman–Crippen LogP) is 0.627. The molecule has 0 aromatic heterocycles. The van der Waals surface area contributed by atoms with Crippen molar-refractivity contribution in [2.24, 2.45) is 23.0 Å². The van der Waals surface area contributed by atoms with E-state index in [0.29, 0.717) is 18.3 Å². The van der Waals surface area contributed by atoms with E-state index in [2.05, 4.69) is 0 Å². The highest BCUT2D eigenvalue weighted by molar-refractivity contribution is 5.82. The molecule has 20 heavy (non-hydrogen) atoms. The summed E-state index contributed by atoms with van der Waals surface area (Å²) in [5, 5.41) is 19.4. The van der Waals surface area contributed by atoms with Crippen LogP contribution in [-0.2, 0) is 4.79 Å². The van der Waals surface area contributed by atoms with Crippen LogP contribution >= 0.6 is 0 Å². The minimum absolute atomic E-state index is 0.0692. The highest BCUT2D eigenvalue weighted by Gasteiger charge is 2.60. The minimum Gasteiger partial charge on any atom is -0.390 e. The topological polar surface area (TPSA) is 90.4 Å². The normalized spacial score (nSPS) is 43.1. The van der Waals surface area contributed by atoms with Gasteiger partial charge in [0.15, 0.2) is 0 Å². The average molecular weight is 277 g/mol. The van der Waals surface area contributed by atoms with Gasteiger partial charge in [-0.15, -0.1) is 0 Å². The molecular formula is C15H23N3O2. The van der Waals surface area contributed by atoms with Crippen LogP contribution in [0.1, 0.15) is 38.5 Å². The molecule has 4 bridgehead atoms. The van der Waals surface area contributed by atoms with Crippen molar-refractivity contribution < 1.29 is 9.90 Å². The summed E-state index contributed by atoms with van der Waals surface area (Å²) in [6.45, 7) is 0.0692. The first kappa shape index (κ1) is 13.8. The maximum atomic E-state index is 12.4. The number of nitrogens with zero attached hydrogens (tertiary/aromatic N) is 2. The molecule has 4 fully saturated rings. The Bertz CT molecular complexity index is 456. The Morgan fingerprint density at radius 1 is 1.45 bits per heavy atom. The van der Waals surface area contributed by atoms with E-state index in [-0.39, 0.29) is 17.9 Å². The molecule has 2 unspecified atom stereocenters. The van der Waals surface area contributed by atoms with Crippen LogP contribution in [0.4, 0.5) is 0 Å². The van der Waals surface area contributed by atoms with E-state index in [9.17, 15) is 9.90 Å². The van der Waals surface area contributed by atoms with Gasteiger partial charge in [0.2, 0.25) is 5.91 Å². The number of carbonyl (C=O) groups excluding carboxylic acids is 1. The molecule has 0 saturated heterocycles. The van der Waals surface area contributed by atoms with Crippen molar-refractivity contribution in [3.8, 4) is 6.07 Å². The highest BCUT2D eigenvalue weighted by Crippen LogP contribution is 2.62. The molecule has 4 rings (SSSR count). The summed E-state index contributed by atoms with van der Waals surface area (Å²) in [4.78, 5) is 13.8. The molecule has 0 aromatic rings. The second-order valence-electron chi connectivity index (χ2n) is 7.38. The molecule has 0 aliphatic heterocycles. The molecule has 110 valence electrons. The number of carbonyl (C=O) groups is 1. The zero-order valence-corrected chi connectivity index (χ0v) is 12.0. The first-order chi connectivity index (χ1) is 9.37. The molecule has 0 radical (unpaired) electrons. The largest absolute Gasteiger partial charge is 0.390 e. The average Bonchev–Trinajstić information content (AvgIpc) is 2.34. The van der Waals surface area contributed by atoms with Gasteiger partial charge in [-0.1, -0.05) is 0 Å². The first-order valence-electron chi connectivity index (χ1n) is 7.47. The molecule has 0 spiro atoms. The fraction of sp³-hybridized carbons (Fsp3) is 0.867. The summed E-state index contributed by atoms with van der Waals surface area (Å²) in [6.07, 6.45) is 5.50. The van der Waals surface area contributed by atoms with Crippen LogP contribution in [0.25, 0.3) is 0 Å². The molecule has 1 amide bonds. The third-order valence-corrected chi connectivity index (χ3v) is 5.69. The Morgan fingerprint density at radius 3 is 2.55 bits per heavy atom. The number of rotatable bonds is 3. The van der Waals surface area contributed by atoms with Gasteiger partial charge in [-0.3, -0.25) is 4.79 Å². The van der Waals surface area contributed by atoms with Crippen molar-refractivity contribution in [3.05, 3.63) is 0 Å². The standard InChI is InChI=1S/C15H23N3O2/c1-18(3-2-16)13(19)12(17)14-5-10-4-11(6-14)8-15(20,7-10)9-14/h10-12,20H,3-9,17H2,1H3/t10?,11?,12-,14?,15?/m1/s1. The molecule has 5 nitrogen and oxygen atoms in total. The summed E-state index contributed by atoms with van der Waals surface area (Å²) >= 11 is 0. The molecule has 3 N–H and O–H groups in total. The van der Waals surface area contributed by atoms with E-state index in [1.54, 1.807) is 7.05 Å². The lowest BCUT2D eigenvalue weighted by atomic mass is 9.46. The molecule has 4 aliphatic rings. The lowest BCUT2D eigenvalue weighted by Gasteiger charge is -2.61. The van der Waals surface area contributed by atoms with Crippen LogP contribution in [0.5, 0.6) is 0 Å². The van der Waals surface area contributed by atoms with E-state index in [1.807, 2.05) is 6.07 Å². The SMILES string of the molecule is CN(CC#N)C(=O)[C@@H](N)C12CC3CC(CC(O)(C3)C1)C2. The van der Waals surface area contributed by atoms with E-state index < -0.39 is 11.6 Å². The van der Waals surface area contributed by atoms with E-state index in [4.69, 9.17) is 11.0 Å². The van der Waals surface area contributed by atoms with Crippen LogP contribution in [0.2, 0.25) is 0 Å². The number of nitriles is 1. The van der Waals surface area contributed by atoms with Crippen LogP contribution in [0.15, 0.2) is 0 Å². The van der Waals surface area contributed by atoms with Gasteiger partial charge >= 0.3 is 0 Å². The third kappa shape index (κ3) is 2.02. The molecule has 0 heterocycles. The monoisotopic (exact) mass is 277 g/mol. The summed E-state index contributed by atoms with van der Waals surface area (Å²) in [5.74, 6) is 0.875. The Labute approximate surface area is 119 Å². The van der Waals surface area contributed by atoms with Gasteiger partial charge < -0.3 is 15.7 Å². The smallest absolute Gasteiger partial charge is 0.240 e. The first-order valence-corrected chi connectivity index (χ1v) is 7.47. The molecule has 4 saturated carbocycles. The van der Waals surface area contributed by atoms with Gasteiger partial charge in [-0.05, 0) is 55.8 Å². The minimum atomic E-state index is -0.601. The zero-order valence-electron chi connectivity index (χ0n) is 12.0. The summed E-state index contributed by atoms with van der Waals surface area (Å²) < 4.78 is 0. The van der Waals surface area contributed by atoms with Gasteiger partial charge in [-0.25, -0.2) is 0 Å². The lowest BCUT2D eigenvalue weighted by molar-refractivity contribution is -0.176. The maximum Gasteiger partial charge on any atom is 0.240 e. The summed E-state index contributed by atoms with van der Waals surface area (Å²) in [7, 11) is 1.63. The Hall–Kier alpha value is -1.12. The fourth-order valence-corrected chi connectivity index (χ4v) is 5.33. The van der Waals surface area contributed by atoms with E-state index in [1.165, 1.54) is 11.3 Å². The van der Waals surface area contributed by atoms with E-state index in [0.717, 1.165) is 25.7 Å². The Balaban J connectivity index is 1.82. The molecule has 5 heteroatoms. The molecular weight excluding hydrogens is 254 g/mol. The van der Waals surface area contributed by atoms with Crippen molar-refractivity contribution in [3.63, 3.8) is 0 Å². The van der Waals surface area contributed by atoms with Gasteiger partial charge in [0, 0.05) is 7.05 Å². The number of aliphatic hydroxyl groups is 1. The number of nitrogens with two attached hydrogens (primary N) is 1. The van der Waals surface area contributed by atoms with Crippen LogP contribution in [-0.4, -0.2) is 41.1 Å². The van der Waals surface area contributed by atoms with Gasteiger partial charge in [-0.2, -0.15) is 5.26 Å². The third-order valence-electron chi connectivity index (χ3n) is 5.69. The number of hydrogen-bond acceptors (Lipinski definition) is 4. The second-order valence-corrected chi connectivity index (χ2v) is 7.38. The maximum absolute atomic E-state index is 12.4. The summed E-state index contributed by atoms with van der Waals surface area (Å²) in [6, 6.07) is 1.40. The van der Waals surface area contributed by atoms with Crippen molar-refractivity contribution in [2.75, 3.05) is 13.6 Å². The number of amides is 1. The van der Waals surface area contributed by atoms with Crippen LogP contribution in [0, 0.1) is 28.6 Å². The van der Waals surface area contributed by atoms with Crippen molar-refractivity contribution >= 4 is 5.91 Å². The second kappa shape index (κ2) is 4.44. The molecule has 4 aliphatic carbocycles. The van der Waals surface area contributed by atoms with E-state index >= 15 is 0 Å². The number of hydrogen-bond donors (Lipinski definition) is 2. The number of likely N-dealkylation sites (N-methyl/N-ethyl adjacent to an activating group) is 1. The highest BCUT2D eigenvalue weighted by atomic mass is 16.3.